The van der Waals surface area contributed by atoms with Gasteiger partial charge in [-0.1, -0.05) is 12.1 Å². The zero-order valence-corrected chi connectivity index (χ0v) is 18.7. The van der Waals surface area contributed by atoms with Crippen molar-refractivity contribution in [1.29, 1.82) is 0 Å². The number of aliphatic hydroxyl groups excluding tert-OH is 1. The molecule has 1 fully saturated rings. The Morgan fingerprint density at radius 1 is 1.21 bits per heavy atom. The number of benzene rings is 2. The van der Waals surface area contributed by atoms with Crippen LogP contribution in [0.15, 0.2) is 47.4 Å². The Hall–Kier alpha value is -3.85. The van der Waals surface area contributed by atoms with E-state index in [9.17, 15) is 14.7 Å². The second-order valence-corrected chi connectivity index (χ2v) is 8.38. The number of nitrogen functional groups attached to an aromatic ring is 2. The molecule has 1 aliphatic rings. The second-order valence-electron chi connectivity index (χ2n) is 8.38. The van der Waals surface area contributed by atoms with E-state index in [1.54, 1.807) is 36.3 Å². The van der Waals surface area contributed by atoms with Gasteiger partial charge in [0.2, 0.25) is 0 Å². The number of carbonyl (C=O) groups is 1. The first kappa shape index (κ1) is 22.3. The Kier molecular flexibility index (Phi) is 6.06. The summed E-state index contributed by atoms with van der Waals surface area (Å²) in [6.07, 6.45) is 2.60. The number of hydrogen-bond acceptors (Lipinski definition) is 7. The van der Waals surface area contributed by atoms with Crippen LogP contribution in [0, 0.1) is 6.92 Å². The standard InChI is InChI=1S/C24H28N6O3/c1-14-17(6-3-7-19(14)25)21-13-29(2)24(33)22(28-21)27-15-8-9-18(20(26)11-15)23(32)30-10-4-5-16(31)12-30/h3,6-9,11,13,16,31H,4-5,10,12,25-26H2,1-2H3,(H,27,28). The van der Waals surface area contributed by atoms with E-state index < -0.39 is 6.10 Å². The normalized spacial score (nSPS) is 16.0. The number of rotatable bonds is 4. The first-order valence-electron chi connectivity index (χ1n) is 10.8. The maximum atomic E-state index is 12.8. The van der Waals surface area contributed by atoms with Gasteiger partial charge in [-0.05, 0) is 49.6 Å². The van der Waals surface area contributed by atoms with E-state index in [2.05, 4.69) is 10.3 Å². The molecule has 9 nitrogen and oxygen atoms in total. The lowest BCUT2D eigenvalue weighted by atomic mass is 10.0. The third-order valence-electron chi connectivity index (χ3n) is 5.95. The molecular formula is C24H28N6O3. The van der Waals surface area contributed by atoms with E-state index >= 15 is 0 Å². The van der Waals surface area contributed by atoms with Gasteiger partial charge >= 0.3 is 0 Å². The summed E-state index contributed by atoms with van der Waals surface area (Å²) >= 11 is 0. The monoisotopic (exact) mass is 448 g/mol. The van der Waals surface area contributed by atoms with Crippen LogP contribution in [-0.4, -0.2) is 44.7 Å². The number of nitrogens with two attached hydrogens (primary N) is 2. The van der Waals surface area contributed by atoms with Gasteiger partial charge in [0.05, 0.1) is 17.4 Å². The molecule has 1 unspecified atom stereocenters. The first-order chi connectivity index (χ1) is 15.7. The highest BCUT2D eigenvalue weighted by molar-refractivity contribution is 6.00. The lowest BCUT2D eigenvalue weighted by molar-refractivity contribution is 0.0474. The van der Waals surface area contributed by atoms with Gasteiger partial charge in [-0.15, -0.1) is 0 Å². The molecule has 0 saturated carbocycles. The van der Waals surface area contributed by atoms with Crippen LogP contribution >= 0.6 is 0 Å². The number of anilines is 4. The molecule has 1 atom stereocenters. The molecule has 2 aromatic carbocycles. The molecule has 1 amide bonds. The smallest absolute Gasteiger partial charge is 0.293 e. The average molecular weight is 449 g/mol. The summed E-state index contributed by atoms with van der Waals surface area (Å²) in [5, 5.41) is 12.9. The summed E-state index contributed by atoms with van der Waals surface area (Å²) in [5.74, 6) is -0.0829. The summed E-state index contributed by atoms with van der Waals surface area (Å²) in [5.41, 5.74) is 16.0. The summed E-state index contributed by atoms with van der Waals surface area (Å²) < 4.78 is 1.45. The zero-order valence-electron chi connectivity index (χ0n) is 18.7. The quantitative estimate of drug-likeness (QED) is 0.449. The number of aromatic nitrogens is 2. The minimum absolute atomic E-state index is 0.134. The summed E-state index contributed by atoms with van der Waals surface area (Å²) in [6.45, 7) is 2.79. The van der Waals surface area contributed by atoms with E-state index in [4.69, 9.17) is 11.5 Å². The topological polar surface area (TPSA) is 140 Å². The predicted molar refractivity (Wildman–Crippen MR) is 129 cm³/mol. The number of carbonyl (C=O) groups excluding carboxylic acids is 1. The number of nitrogens with zero attached hydrogens (tertiary/aromatic N) is 3. The van der Waals surface area contributed by atoms with Crippen molar-refractivity contribution >= 4 is 28.8 Å². The van der Waals surface area contributed by atoms with Crippen LogP contribution in [-0.2, 0) is 7.05 Å². The molecule has 172 valence electrons. The minimum Gasteiger partial charge on any atom is -0.398 e. The van der Waals surface area contributed by atoms with Gasteiger partial charge < -0.3 is 31.4 Å². The number of aryl methyl sites for hydroxylation is 1. The molecule has 1 saturated heterocycles. The number of piperidine rings is 1. The van der Waals surface area contributed by atoms with Gasteiger partial charge in [0.25, 0.3) is 11.5 Å². The van der Waals surface area contributed by atoms with Crippen molar-refractivity contribution in [2.45, 2.75) is 25.9 Å². The lowest BCUT2D eigenvalue weighted by Crippen LogP contribution is -2.42. The summed E-state index contributed by atoms with van der Waals surface area (Å²) in [4.78, 5) is 31.7. The molecule has 0 bridgehead atoms. The van der Waals surface area contributed by atoms with Crippen LogP contribution in [0.1, 0.15) is 28.8 Å². The molecule has 1 aliphatic heterocycles. The van der Waals surface area contributed by atoms with Gasteiger partial charge in [-0.3, -0.25) is 9.59 Å². The first-order valence-corrected chi connectivity index (χ1v) is 10.8. The molecule has 9 heteroatoms. The molecule has 3 aromatic rings. The fourth-order valence-corrected chi connectivity index (χ4v) is 4.03. The lowest BCUT2D eigenvalue weighted by Gasteiger charge is -2.30. The fourth-order valence-electron chi connectivity index (χ4n) is 4.03. The maximum absolute atomic E-state index is 12.8. The highest BCUT2D eigenvalue weighted by Crippen LogP contribution is 2.27. The predicted octanol–water partition coefficient (Wildman–Crippen LogP) is 2.26. The van der Waals surface area contributed by atoms with Crippen molar-refractivity contribution in [2.75, 3.05) is 29.9 Å². The average Bonchev–Trinajstić information content (AvgIpc) is 2.78. The van der Waals surface area contributed by atoms with Crippen LogP contribution in [0.5, 0.6) is 0 Å². The molecule has 2 heterocycles. The third kappa shape index (κ3) is 4.54. The van der Waals surface area contributed by atoms with Gasteiger partial charge in [0.15, 0.2) is 5.82 Å². The largest absolute Gasteiger partial charge is 0.398 e. The number of likely N-dealkylation sites (tertiary alicyclic amines) is 1. The molecule has 0 radical (unpaired) electrons. The maximum Gasteiger partial charge on any atom is 0.293 e. The Bertz CT molecular complexity index is 1270. The highest BCUT2D eigenvalue weighted by Gasteiger charge is 2.24. The number of aliphatic hydroxyl groups is 1. The van der Waals surface area contributed by atoms with E-state index in [0.29, 0.717) is 42.1 Å². The van der Waals surface area contributed by atoms with E-state index in [-0.39, 0.29) is 23.0 Å². The van der Waals surface area contributed by atoms with Gasteiger partial charge in [0, 0.05) is 49.0 Å². The number of nitrogens with one attached hydrogen (secondary N) is 1. The Balaban J connectivity index is 1.62. The van der Waals surface area contributed by atoms with Crippen molar-refractivity contribution in [3.63, 3.8) is 0 Å². The van der Waals surface area contributed by atoms with Gasteiger partial charge in [-0.2, -0.15) is 0 Å². The fraction of sp³-hybridized carbons (Fsp3) is 0.292. The molecule has 33 heavy (non-hydrogen) atoms. The van der Waals surface area contributed by atoms with Crippen molar-refractivity contribution in [3.8, 4) is 11.3 Å². The Morgan fingerprint density at radius 3 is 2.73 bits per heavy atom. The summed E-state index contributed by atoms with van der Waals surface area (Å²) in [7, 11) is 1.66. The Labute approximate surface area is 191 Å². The van der Waals surface area contributed by atoms with Crippen LogP contribution in [0.25, 0.3) is 11.3 Å². The number of amides is 1. The molecule has 0 spiro atoms. The molecule has 4 rings (SSSR count). The molecular weight excluding hydrogens is 420 g/mol. The number of β-amino-alcohol motifs (C(OH)–C–C–N with tert-alkyl or cyclic N) is 1. The zero-order chi connectivity index (χ0) is 23.7. The van der Waals surface area contributed by atoms with Crippen molar-refractivity contribution in [3.05, 3.63) is 64.1 Å². The van der Waals surface area contributed by atoms with Crippen molar-refractivity contribution in [2.24, 2.45) is 7.05 Å². The second kappa shape index (κ2) is 8.95. The minimum atomic E-state index is -0.511. The highest BCUT2D eigenvalue weighted by atomic mass is 16.3. The number of hydrogen-bond donors (Lipinski definition) is 4. The third-order valence-corrected chi connectivity index (χ3v) is 5.95. The van der Waals surface area contributed by atoms with Crippen LogP contribution in [0.3, 0.4) is 0 Å². The molecule has 6 N–H and O–H groups in total. The van der Waals surface area contributed by atoms with E-state index in [1.807, 2.05) is 25.1 Å². The van der Waals surface area contributed by atoms with Crippen LogP contribution in [0.2, 0.25) is 0 Å². The van der Waals surface area contributed by atoms with E-state index in [0.717, 1.165) is 17.5 Å². The van der Waals surface area contributed by atoms with E-state index in [1.165, 1.54) is 4.57 Å². The summed E-state index contributed by atoms with van der Waals surface area (Å²) in [6, 6.07) is 10.5. The molecule has 0 aliphatic carbocycles. The Morgan fingerprint density at radius 2 is 2.00 bits per heavy atom. The van der Waals surface area contributed by atoms with Gasteiger partial charge in [-0.25, -0.2) is 4.98 Å². The van der Waals surface area contributed by atoms with Crippen LogP contribution in [0.4, 0.5) is 22.9 Å². The SMILES string of the molecule is Cc1c(N)cccc1-c1cn(C)c(=O)c(Nc2ccc(C(=O)N3CCCC(O)C3)c(N)c2)n1. The van der Waals surface area contributed by atoms with Crippen molar-refractivity contribution in [1.82, 2.24) is 14.5 Å². The van der Waals surface area contributed by atoms with Crippen LogP contribution < -0.4 is 22.3 Å². The molecule has 1 aromatic heterocycles. The van der Waals surface area contributed by atoms with Crippen molar-refractivity contribution < 1.29 is 9.90 Å². The van der Waals surface area contributed by atoms with Gasteiger partial charge in [0.1, 0.15) is 0 Å².